The molecule has 5 aromatic rings. The second-order valence-electron chi connectivity index (χ2n) is 16.0. The molecule has 0 aromatic heterocycles. The Hall–Kier alpha value is -6.47. The second kappa shape index (κ2) is 20.9. The maximum atomic E-state index is 13.5. The van der Waals surface area contributed by atoms with Crippen LogP contribution in [-0.2, 0) is 19.6 Å². The number of hydrogen-bond acceptors (Lipinski definition) is 9. The van der Waals surface area contributed by atoms with E-state index in [9.17, 15) is 14.4 Å². The van der Waals surface area contributed by atoms with Gasteiger partial charge < -0.3 is 28.9 Å². The molecular weight excluding hydrogens is 781 g/mol. The highest BCUT2D eigenvalue weighted by atomic mass is 16.6. The molecule has 0 unspecified atom stereocenters. The topological polar surface area (TPSA) is 98.3 Å². The third kappa shape index (κ3) is 12.1. The lowest BCUT2D eigenvalue weighted by molar-refractivity contribution is 0.106. The molecule has 3 fully saturated rings. The highest BCUT2D eigenvalue weighted by Gasteiger charge is 2.26. The van der Waals surface area contributed by atoms with Gasteiger partial charge in [0.25, 0.3) is 0 Å². The zero-order chi connectivity index (χ0) is 42.5. The summed E-state index contributed by atoms with van der Waals surface area (Å²) in [4.78, 5) is 52.1. The van der Waals surface area contributed by atoms with Crippen LogP contribution in [0.2, 0.25) is 0 Å². The highest BCUT2D eigenvalue weighted by Crippen LogP contribution is 2.27. The number of rotatable bonds is 11. The number of piperazine rings is 3. The van der Waals surface area contributed by atoms with Crippen LogP contribution in [0, 0.1) is 0 Å². The van der Waals surface area contributed by atoms with Crippen LogP contribution < -0.4 is 14.2 Å². The summed E-state index contributed by atoms with van der Waals surface area (Å²) in [6.45, 7) is 10.4. The summed E-state index contributed by atoms with van der Waals surface area (Å²) in [5, 5.41) is 0. The molecule has 0 saturated carbocycles. The van der Waals surface area contributed by atoms with E-state index in [0.29, 0.717) is 50.6 Å². The zero-order valence-electron chi connectivity index (χ0n) is 35.1. The minimum Gasteiger partial charge on any atom is -0.410 e. The van der Waals surface area contributed by atoms with Gasteiger partial charge in [-0.2, -0.15) is 0 Å². The predicted octanol–water partition coefficient (Wildman–Crippen LogP) is 7.81. The summed E-state index contributed by atoms with van der Waals surface area (Å²) in [5.74, 6) is 1.02. The predicted molar refractivity (Wildman–Crippen MR) is 240 cm³/mol. The van der Waals surface area contributed by atoms with Crippen LogP contribution in [0.25, 0.3) is 12.2 Å². The average molecular weight is 835 g/mol. The lowest BCUT2D eigenvalue weighted by Gasteiger charge is -2.34. The van der Waals surface area contributed by atoms with Gasteiger partial charge in [-0.1, -0.05) is 115 Å². The van der Waals surface area contributed by atoms with Gasteiger partial charge in [0.15, 0.2) is 0 Å². The van der Waals surface area contributed by atoms with Gasteiger partial charge in [0.05, 0.1) is 0 Å². The number of hydrogen-bond donors (Lipinski definition) is 0. The molecule has 0 spiro atoms. The smallest absolute Gasteiger partial charge is 0.410 e. The molecule has 3 aliphatic heterocycles. The molecule has 0 atom stereocenters. The first-order chi connectivity index (χ1) is 30.4. The third-order valence-electron chi connectivity index (χ3n) is 11.5. The summed E-state index contributed by atoms with van der Waals surface area (Å²) in [6, 6.07) is 43.4. The Morgan fingerprint density at radius 3 is 1.05 bits per heavy atom. The van der Waals surface area contributed by atoms with E-state index < -0.39 is 12.2 Å². The number of nitrogens with zero attached hydrogens (tertiary/aromatic N) is 6. The molecule has 3 heterocycles. The van der Waals surface area contributed by atoms with Gasteiger partial charge in [-0.3, -0.25) is 14.7 Å². The van der Waals surface area contributed by atoms with Crippen molar-refractivity contribution in [2.24, 2.45) is 0 Å². The molecule has 0 bridgehead atoms. The normalized spacial score (nSPS) is 16.6. The van der Waals surface area contributed by atoms with E-state index in [4.69, 9.17) is 14.2 Å². The Balaban J connectivity index is 0.882. The molecule has 0 aliphatic carbocycles. The van der Waals surface area contributed by atoms with Crippen molar-refractivity contribution < 1.29 is 28.6 Å². The molecule has 5 aromatic carbocycles. The van der Waals surface area contributed by atoms with Crippen LogP contribution in [0.4, 0.5) is 14.4 Å². The first-order valence-corrected chi connectivity index (χ1v) is 21.5. The fourth-order valence-corrected chi connectivity index (χ4v) is 7.93. The summed E-state index contributed by atoms with van der Waals surface area (Å²) in [7, 11) is 0. The number of carbonyl (C=O) groups excluding carboxylic acids is 3. The second-order valence-corrected chi connectivity index (χ2v) is 16.0. The maximum absolute atomic E-state index is 13.5. The van der Waals surface area contributed by atoms with Crippen molar-refractivity contribution in [1.82, 2.24) is 29.4 Å². The summed E-state index contributed by atoms with van der Waals surface area (Å²) in [6.07, 6.45) is 2.52. The SMILES string of the molecule is O=C(Oc1ccc(/C=C/c2cc(OC(=O)N3CCN(Cc4ccccc4)CC3)cc(OC(=O)N3CCN(Cc4ccccc4)CC3)c2)cc1)N1CCN(Cc2ccccc2)CC1. The molecule has 3 aliphatic rings. The molecule has 0 radical (unpaired) electrons. The van der Waals surface area contributed by atoms with Crippen molar-refractivity contribution >= 4 is 30.4 Å². The molecule has 3 saturated heterocycles. The van der Waals surface area contributed by atoms with Gasteiger partial charge in [-0.25, -0.2) is 14.4 Å². The van der Waals surface area contributed by atoms with Crippen molar-refractivity contribution in [3.05, 3.63) is 161 Å². The lowest BCUT2D eigenvalue weighted by Crippen LogP contribution is -2.49. The maximum Gasteiger partial charge on any atom is 0.415 e. The first-order valence-electron chi connectivity index (χ1n) is 21.5. The van der Waals surface area contributed by atoms with Gasteiger partial charge in [-0.15, -0.1) is 0 Å². The molecule has 320 valence electrons. The molecule has 62 heavy (non-hydrogen) atoms. The van der Waals surface area contributed by atoms with Crippen LogP contribution in [-0.4, -0.2) is 126 Å². The van der Waals surface area contributed by atoms with E-state index in [2.05, 4.69) is 51.1 Å². The molecule has 12 nitrogen and oxygen atoms in total. The number of benzene rings is 5. The first kappa shape index (κ1) is 42.2. The largest absolute Gasteiger partial charge is 0.415 e. The fourth-order valence-electron chi connectivity index (χ4n) is 7.93. The van der Waals surface area contributed by atoms with E-state index >= 15 is 0 Å². The minimum atomic E-state index is -0.448. The van der Waals surface area contributed by atoms with E-state index in [1.54, 1.807) is 45.0 Å². The van der Waals surface area contributed by atoms with Crippen molar-refractivity contribution in [3.63, 3.8) is 0 Å². The van der Waals surface area contributed by atoms with Crippen molar-refractivity contribution in [3.8, 4) is 17.2 Å². The van der Waals surface area contributed by atoms with Crippen LogP contribution in [0.15, 0.2) is 133 Å². The standard InChI is InChI=1S/C50H54N6O6/c57-48(54-28-22-51(23-29-54)37-41-10-4-1-5-11-41)60-45-20-18-40(19-21-45)16-17-44-34-46(61-49(58)55-30-24-52(25-31-55)38-42-12-6-2-7-13-42)36-47(35-44)62-50(59)56-32-26-53(27-33-56)39-43-14-8-3-9-15-43/h1-21,34-36H,22-33,37-39H2/b17-16+. The Morgan fingerprint density at radius 2 is 0.694 bits per heavy atom. The lowest BCUT2D eigenvalue weighted by atomic mass is 10.1. The minimum absolute atomic E-state index is 0.280. The molecule has 0 N–H and O–H groups in total. The number of ether oxygens (including phenoxy) is 3. The summed E-state index contributed by atoms with van der Waals surface area (Å²) in [5.41, 5.74) is 5.28. The van der Waals surface area contributed by atoms with Gasteiger partial charge in [-0.05, 0) is 52.1 Å². The molecule has 3 amide bonds. The van der Waals surface area contributed by atoms with Gasteiger partial charge in [0.2, 0.25) is 0 Å². The van der Waals surface area contributed by atoms with E-state index in [0.717, 1.165) is 64.5 Å². The molecular formula is C50H54N6O6. The monoisotopic (exact) mass is 834 g/mol. The number of carbonyl (C=O) groups is 3. The Labute approximate surface area is 364 Å². The Morgan fingerprint density at radius 1 is 0.371 bits per heavy atom. The van der Waals surface area contributed by atoms with Crippen LogP contribution in [0.3, 0.4) is 0 Å². The van der Waals surface area contributed by atoms with Gasteiger partial charge in [0.1, 0.15) is 17.2 Å². The van der Waals surface area contributed by atoms with E-state index in [1.165, 1.54) is 16.7 Å². The fraction of sp³-hybridized carbons (Fsp3) is 0.300. The van der Waals surface area contributed by atoms with E-state index in [1.807, 2.05) is 78.9 Å². The highest BCUT2D eigenvalue weighted by molar-refractivity contribution is 5.76. The average Bonchev–Trinajstić information content (AvgIpc) is 3.30. The third-order valence-corrected chi connectivity index (χ3v) is 11.5. The molecule has 8 rings (SSSR count). The Kier molecular flexibility index (Phi) is 14.2. The summed E-state index contributed by atoms with van der Waals surface area (Å²) < 4.78 is 17.6. The van der Waals surface area contributed by atoms with Crippen LogP contribution >= 0.6 is 0 Å². The van der Waals surface area contributed by atoms with Crippen LogP contribution in [0.1, 0.15) is 27.8 Å². The zero-order valence-corrected chi connectivity index (χ0v) is 35.1. The van der Waals surface area contributed by atoms with Crippen molar-refractivity contribution in [1.29, 1.82) is 0 Å². The Bertz CT molecular complexity index is 2160. The number of amides is 3. The van der Waals surface area contributed by atoms with Gasteiger partial charge >= 0.3 is 18.3 Å². The van der Waals surface area contributed by atoms with E-state index in [-0.39, 0.29) is 17.6 Å². The van der Waals surface area contributed by atoms with Crippen molar-refractivity contribution in [2.45, 2.75) is 19.6 Å². The van der Waals surface area contributed by atoms with Crippen molar-refractivity contribution in [2.75, 3.05) is 78.5 Å². The summed E-state index contributed by atoms with van der Waals surface area (Å²) >= 11 is 0. The quantitative estimate of drug-likeness (QED) is 0.124. The van der Waals surface area contributed by atoms with Crippen LogP contribution in [0.5, 0.6) is 17.2 Å². The molecule has 12 heteroatoms. The van der Waals surface area contributed by atoms with Gasteiger partial charge in [0, 0.05) is 104 Å².